The number of carbonyl (C=O) groups is 1. The summed E-state index contributed by atoms with van der Waals surface area (Å²) in [6.07, 6.45) is 0. The van der Waals surface area contributed by atoms with Gasteiger partial charge in [-0.3, -0.25) is 4.79 Å². The van der Waals surface area contributed by atoms with E-state index in [1.165, 1.54) is 0 Å². The van der Waals surface area contributed by atoms with Crippen molar-refractivity contribution in [3.05, 3.63) is 136 Å². The molecule has 0 aliphatic carbocycles. The molecule has 1 nitrogen and oxygen atoms in total. The normalized spacial score (nSPS) is 12.9. The van der Waals surface area contributed by atoms with Crippen LogP contribution in [0.2, 0.25) is 20.1 Å². The van der Waals surface area contributed by atoms with Gasteiger partial charge in [0.15, 0.2) is 5.78 Å². The summed E-state index contributed by atoms with van der Waals surface area (Å²) >= 11 is 32.5. The molecule has 2 atom stereocenters. The number of hydrogen-bond donors (Lipinski definition) is 0. The lowest BCUT2D eigenvalue weighted by Crippen LogP contribution is -2.23. The van der Waals surface area contributed by atoms with E-state index in [9.17, 15) is 4.79 Å². The highest BCUT2D eigenvalue weighted by Crippen LogP contribution is 2.41. The number of benzene rings is 4. The van der Waals surface area contributed by atoms with Crippen LogP contribution in [0.5, 0.6) is 0 Å². The quantitative estimate of drug-likeness (QED) is 0.202. The number of hydrogen-bond acceptors (Lipinski definition) is 1. The Hall–Kier alpha value is -1.33. The summed E-state index contributed by atoms with van der Waals surface area (Å²) in [6.45, 7) is 0. The van der Waals surface area contributed by atoms with Crippen molar-refractivity contribution in [3.8, 4) is 0 Å². The highest BCUT2D eigenvalue weighted by Gasteiger charge is 2.34. The Balaban J connectivity index is 1.94. The average molecular weight is 658 g/mol. The van der Waals surface area contributed by atoms with E-state index in [1.807, 2.05) is 48.5 Å². The minimum atomic E-state index is -0.654. The Morgan fingerprint density at radius 1 is 0.559 bits per heavy atom. The van der Waals surface area contributed by atoms with Gasteiger partial charge in [0.25, 0.3) is 0 Å². The summed E-state index contributed by atoms with van der Waals surface area (Å²) in [4.78, 5) is 14.5. The molecule has 0 aliphatic heterocycles. The summed E-state index contributed by atoms with van der Waals surface area (Å²) in [5.74, 6) is -1.38. The number of Topliss-reactive ketones (excluding diaryl/α,β-unsaturated/α-hetero) is 1. The molecule has 0 aromatic heterocycles. The molecule has 34 heavy (non-hydrogen) atoms. The van der Waals surface area contributed by atoms with Gasteiger partial charge in [0.1, 0.15) is 0 Å². The van der Waals surface area contributed by atoms with Crippen LogP contribution in [0.1, 0.15) is 34.1 Å². The van der Waals surface area contributed by atoms with Crippen molar-refractivity contribution in [2.24, 2.45) is 0 Å². The van der Waals surface area contributed by atoms with E-state index in [-0.39, 0.29) is 5.78 Å². The fourth-order valence-corrected chi connectivity index (χ4v) is 5.51. The Morgan fingerprint density at radius 3 is 1.24 bits per heavy atom. The maximum Gasteiger partial charge on any atom is 0.156 e. The van der Waals surface area contributed by atoms with Crippen molar-refractivity contribution < 1.29 is 4.79 Å². The highest BCUT2D eigenvalue weighted by atomic mass is 79.9. The van der Waals surface area contributed by atoms with Gasteiger partial charge in [-0.05, 0) is 70.8 Å². The molecule has 0 N–H and O–H groups in total. The molecule has 0 spiro atoms. The molecule has 7 heteroatoms. The molecular weight excluding hydrogens is 642 g/mol. The van der Waals surface area contributed by atoms with E-state index in [0.717, 1.165) is 20.1 Å². The van der Waals surface area contributed by atoms with Crippen molar-refractivity contribution in [2.75, 3.05) is 0 Å². The van der Waals surface area contributed by atoms with Crippen LogP contribution in [0.25, 0.3) is 0 Å². The summed E-state index contributed by atoms with van der Waals surface area (Å²) in [5, 5.41) is 1.85. The summed E-state index contributed by atoms with van der Waals surface area (Å²) < 4.78 is 1.82. The second kappa shape index (κ2) is 11.2. The zero-order valence-electron chi connectivity index (χ0n) is 17.4. The maximum absolute atomic E-state index is 14.5. The first kappa shape index (κ1) is 25.8. The molecule has 0 unspecified atom stereocenters. The predicted octanol–water partition coefficient (Wildman–Crippen LogP) is 10.4. The van der Waals surface area contributed by atoms with Gasteiger partial charge in [-0.1, -0.05) is 115 Å². The first-order valence-electron chi connectivity index (χ1n) is 10.2. The molecule has 0 radical (unpaired) electrons. The van der Waals surface area contributed by atoms with Crippen LogP contribution in [0, 0.1) is 0 Å². The standard InChI is InChI=1S/C27H16Br2Cl4O/c28-17-5-1-15(2-6-17)25(21-11-9-19(30)13-23(21)32)27(34)26(16-3-7-18(29)8-4-16)22-12-10-20(31)14-24(22)33/h1-14,25-26H/t25-,26-/m0/s1. The molecule has 0 saturated carbocycles. The van der Waals surface area contributed by atoms with Crippen LogP contribution in [0.3, 0.4) is 0 Å². The first-order valence-corrected chi connectivity index (χ1v) is 13.3. The Labute approximate surface area is 235 Å². The molecule has 172 valence electrons. The average Bonchev–Trinajstić information content (AvgIpc) is 2.79. The summed E-state index contributed by atoms with van der Waals surface area (Å²) in [7, 11) is 0. The van der Waals surface area contributed by atoms with E-state index in [1.54, 1.807) is 36.4 Å². The minimum absolute atomic E-state index is 0.0712. The fraction of sp³-hybridized carbons (Fsp3) is 0.0741. The zero-order valence-corrected chi connectivity index (χ0v) is 23.6. The summed E-state index contributed by atoms with van der Waals surface area (Å²) in [6, 6.07) is 25.7. The van der Waals surface area contributed by atoms with Gasteiger partial charge >= 0.3 is 0 Å². The molecule has 0 saturated heterocycles. The molecular formula is C27H16Br2Cl4O. The lowest BCUT2D eigenvalue weighted by Gasteiger charge is -2.26. The zero-order chi connectivity index (χ0) is 24.4. The van der Waals surface area contributed by atoms with Crippen molar-refractivity contribution in [2.45, 2.75) is 11.8 Å². The van der Waals surface area contributed by atoms with E-state index in [0.29, 0.717) is 31.2 Å². The van der Waals surface area contributed by atoms with E-state index < -0.39 is 11.8 Å². The van der Waals surface area contributed by atoms with Crippen molar-refractivity contribution in [1.29, 1.82) is 0 Å². The van der Waals surface area contributed by atoms with Crippen LogP contribution in [0.4, 0.5) is 0 Å². The second-order valence-corrected chi connectivity index (χ2v) is 11.2. The van der Waals surface area contributed by atoms with Crippen molar-refractivity contribution in [3.63, 3.8) is 0 Å². The predicted molar refractivity (Wildman–Crippen MR) is 150 cm³/mol. The van der Waals surface area contributed by atoms with E-state index >= 15 is 0 Å². The Kier molecular flexibility index (Phi) is 8.45. The van der Waals surface area contributed by atoms with E-state index in [2.05, 4.69) is 31.9 Å². The van der Waals surface area contributed by atoms with Gasteiger partial charge < -0.3 is 0 Å². The van der Waals surface area contributed by atoms with Gasteiger partial charge in [0.2, 0.25) is 0 Å². The van der Waals surface area contributed by atoms with Crippen LogP contribution < -0.4 is 0 Å². The Bertz CT molecular complexity index is 1240. The third kappa shape index (κ3) is 5.73. The van der Waals surface area contributed by atoms with Crippen LogP contribution in [0.15, 0.2) is 93.9 Å². The lowest BCUT2D eigenvalue weighted by molar-refractivity contribution is -0.120. The summed E-state index contributed by atoms with van der Waals surface area (Å²) in [5.41, 5.74) is 2.96. The topological polar surface area (TPSA) is 17.1 Å². The third-order valence-electron chi connectivity index (χ3n) is 5.52. The van der Waals surface area contributed by atoms with Crippen molar-refractivity contribution in [1.82, 2.24) is 0 Å². The Morgan fingerprint density at radius 2 is 0.912 bits per heavy atom. The minimum Gasteiger partial charge on any atom is -0.298 e. The molecule has 4 rings (SSSR count). The largest absolute Gasteiger partial charge is 0.298 e. The van der Waals surface area contributed by atoms with Crippen LogP contribution >= 0.6 is 78.3 Å². The SMILES string of the molecule is O=C([C@@H](c1ccc(Br)cc1)c1ccc(Cl)cc1Cl)[C@@H](c1ccc(Br)cc1)c1ccc(Cl)cc1Cl. The lowest BCUT2D eigenvalue weighted by atomic mass is 9.77. The number of ketones is 1. The highest BCUT2D eigenvalue weighted by molar-refractivity contribution is 9.10. The molecule has 0 amide bonds. The first-order chi connectivity index (χ1) is 16.2. The van der Waals surface area contributed by atoms with E-state index in [4.69, 9.17) is 46.4 Å². The van der Waals surface area contributed by atoms with Crippen LogP contribution in [-0.4, -0.2) is 5.78 Å². The number of rotatable bonds is 6. The van der Waals surface area contributed by atoms with Gasteiger partial charge in [-0.25, -0.2) is 0 Å². The molecule has 0 fully saturated rings. The molecule has 4 aromatic carbocycles. The monoisotopic (exact) mass is 654 g/mol. The van der Waals surface area contributed by atoms with Gasteiger partial charge in [0, 0.05) is 29.0 Å². The van der Waals surface area contributed by atoms with Gasteiger partial charge in [0.05, 0.1) is 11.8 Å². The van der Waals surface area contributed by atoms with Crippen molar-refractivity contribution >= 4 is 84.0 Å². The number of carbonyl (C=O) groups excluding carboxylic acids is 1. The smallest absolute Gasteiger partial charge is 0.156 e. The third-order valence-corrected chi connectivity index (χ3v) is 7.70. The van der Waals surface area contributed by atoms with Crippen LogP contribution in [-0.2, 0) is 4.79 Å². The molecule has 0 bridgehead atoms. The van der Waals surface area contributed by atoms with Gasteiger partial charge in [-0.15, -0.1) is 0 Å². The molecule has 0 heterocycles. The fourth-order valence-electron chi connectivity index (χ4n) is 3.94. The van der Waals surface area contributed by atoms with Gasteiger partial charge in [-0.2, -0.15) is 0 Å². The number of halogens is 6. The molecule has 4 aromatic rings. The molecule has 0 aliphatic rings. The second-order valence-electron chi connectivity index (χ2n) is 7.70. The maximum atomic E-state index is 14.5.